The smallest absolute Gasteiger partial charge is 0.326 e. The lowest BCUT2D eigenvalue weighted by Gasteiger charge is -2.23. The number of Topliss-reactive ketones (excluding diaryl/α,β-unsaturated/α-hetero) is 1. The van der Waals surface area contributed by atoms with Crippen LogP contribution >= 0.6 is 0 Å². The standard InChI is InChI=1S/C10H16N2O4/c11-4-2-1-3-8(10(15)16)12-6-7(13)5-9(12)14/h8H,1-6,11H2,(H,15,16). The first-order valence-electron chi connectivity index (χ1n) is 5.30. The third-order valence-corrected chi connectivity index (χ3v) is 2.61. The fourth-order valence-corrected chi connectivity index (χ4v) is 1.78. The molecule has 1 unspecified atom stereocenters. The summed E-state index contributed by atoms with van der Waals surface area (Å²) in [4.78, 5) is 34.6. The zero-order chi connectivity index (χ0) is 12.1. The van der Waals surface area contributed by atoms with Gasteiger partial charge in [0.1, 0.15) is 6.04 Å². The molecule has 1 rings (SSSR count). The van der Waals surface area contributed by atoms with Crippen molar-refractivity contribution < 1.29 is 19.5 Å². The van der Waals surface area contributed by atoms with E-state index in [2.05, 4.69) is 0 Å². The van der Waals surface area contributed by atoms with Crippen molar-refractivity contribution in [2.45, 2.75) is 31.7 Å². The van der Waals surface area contributed by atoms with E-state index in [1.54, 1.807) is 0 Å². The van der Waals surface area contributed by atoms with Gasteiger partial charge in [-0.3, -0.25) is 9.59 Å². The van der Waals surface area contributed by atoms with Gasteiger partial charge in [0, 0.05) is 0 Å². The third kappa shape index (κ3) is 3.03. The molecule has 1 atom stereocenters. The molecule has 1 aliphatic rings. The van der Waals surface area contributed by atoms with Crippen LogP contribution in [0.3, 0.4) is 0 Å². The average Bonchev–Trinajstić information content (AvgIpc) is 2.52. The number of nitrogens with zero attached hydrogens (tertiary/aromatic N) is 1. The quantitative estimate of drug-likeness (QED) is 0.465. The van der Waals surface area contributed by atoms with Gasteiger partial charge in [0.05, 0.1) is 13.0 Å². The van der Waals surface area contributed by atoms with Gasteiger partial charge in [-0.2, -0.15) is 0 Å². The molecular weight excluding hydrogens is 212 g/mol. The van der Waals surface area contributed by atoms with E-state index in [1.165, 1.54) is 0 Å². The Labute approximate surface area is 93.4 Å². The topological polar surface area (TPSA) is 101 Å². The molecule has 6 nitrogen and oxygen atoms in total. The van der Waals surface area contributed by atoms with Crippen molar-refractivity contribution in [2.24, 2.45) is 5.73 Å². The summed E-state index contributed by atoms with van der Waals surface area (Å²) >= 11 is 0. The Morgan fingerprint density at radius 3 is 2.56 bits per heavy atom. The van der Waals surface area contributed by atoms with Gasteiger partial charge in [-0.05, 0) is 25.8 Å². The maximum absolute atomic E-state index is 11.4. The molecule has 1 fully saturated rings. The number of nitrogens with two attached hydrogens (primary N) is 1. The predicted molar refractivity (Wildman–Crippen MR) is 55.7 cm³/mol. The lowest BCUT2D eigenvalue weighted by Crippen LogP contribution is -2.42. The molecule has 0 saturated carbocycles. The monoisotopic (exact) mass is 228 g/mol. The van der Waals surface area contributed by atoms with Gasteiger partial charge < -0.3 is 15.7 Å². The van der Waals surface area contributed by atoms with E-state index in [1.807, 2.05) is 0 Å². The summed E-state index contributed by atoms with van der Waals surface area (Å²) < 4.78 is 0. The zero-order valence-corrected chi connectivity index (χ0v) is 9.02. The normalized spacial score (nSPS) is 17.9. The number of likely N-dealkylation sites (tertiary alicyclic amines) is 1. The van der Waals surface area contributed by atoms with Gasteiger partial charge in [-0.15, -0.1) is 0 Å². The molecule has 0 radical (unpaired) electrons. The van der Waals surface area contributed by atoms with E-state index in [-0.39, 0.29) is 24.7 Å². The number of aliphatic carboxylic acids is 1. The van der Waals surface area contributed by atoms with E-state index < -0.39 is 12.0 Å². The number of unbranched alkanes of at least 4 members (excludes halogenated alkanes) is 1. The molecule has 6 heteroatoms. The highest BCUT2D eigenvalue weighted by molar-refractivity contribution is 6.06. The molecule has 90 valence electrons. The first kappa shape index (κ1) is 12.6. The van der Waals surface area contributed by atoms with Crippen LogP contribution in [0.4, 0.5) is 0 Å². The molecule has 0 aromatic heterocycles. The van der Waals surface area contributed by atoms with Gasteiger partial charge >= 0.3 is 5.97 Å². The molecule has 0 spiro atoms. The number of carbonyl (C=O) groups excluding carboxylic acids is 2. The predicted octanol–water partition coefficient (Wildman–Crippen LogP) is -0.630. The Kier molecular flexibility index (Phi) is 4.42. The van der Waals surface area contributed by atoms with Gasteiger partial charge in [-0.25, -0.2) is 4.79 Å². The second-order valence-electron chi connectivity index (χ2n) is 3.88. The number of amides is 1. The number of hydrogen-bond donors (Lipinski definition) is 2. The average molecular weight is 228 g/mol. The largest absolute Gasteiger partial charge is 0.480 e. The molecule has 3 N–H and O–H groups in total. The van der Waals surface area contributed by atoms with Gasteiger partial charge in [0.2, 0.25) is 5.91 Å². The van der Waals surface area contributed by atoms with Crippen molar-refractivity contribution in [1.82, 2.24) is 4.90 Å². The van der Waals surface area contributed by atoms with Crippen LogP contribution in [0.2, 0.25) is 0 Å². The van der Waals surface area contributed by atoms with Crippen LogP contribution in [0, 0.1) is 0 Å². The molecular formula is C10H16N2O4. The number of hydrogen-bond acceptors (Lipinski definition) is 4. The van der Waals surface area contributed by atoms with Crippen LogP contribution in [0.5, 0.6) is 0 Å². The van der Waals surface area contributed by atoms with Crippen LogP contribution in [-0.4, -0.2) is 46.8 Å². The molecule has 1 amide bonds. The molecule has 0 aromatic rings. The maximum Gasteiger partial charge on any atom is 0.326 e. The summed E-state index contributed by atoms with van der Waals surface area (Å²) in [6.07, 6.45) is 1.55. The Morgan fingerprint density at radius 1 is 1.44 bits per heavy atom. The molecule has 1 aliphatic heterocycles. The second-order valence-corrected chi connectivity index (χ2v) is 3.88. The second kappa shape index (κ2) is 5.60. The summed E-state index contributed by atoms with van der Waals surface area (Å²) in [6, 6.07) is -0.884. The number of carbonyl (C=O) groups is 3. The van der Waals surface area contributed by atoms with Crippen molar-refractivity contribution >= 4 is 17.7 Å². The van der Waals surface area contributed by atoms with Crippen molar-refractivity contribution in [1.29, 1.82) is 0 Å². The minimum Gasteiger partial charge on any atom is -0.480 e. The third-order valence-electron chi connectivity index (χ3n) is 2.61. The molecule has 0 aliphatic carbocycles. The highest BCUT2D eigenvalue weighted by atomic mass is 16.4. The summed E-state index contributed by atoms with van der Waals surface area (Å²) in [5.74, 6) is -1.65. The van der Waals surface area contributed by atoms with E-state index in [0.29, 0.717) is 19.4 Å². The minimum absolute atomic E-state index is 0.0710. The molecule has 16 heavy (non-hydrogen) atoms. The van der Waals surface area contributed by atoms with Crippen LogP contribution < -0.4 is 5.73 Å². The first-order valence-corrected chi connectivity index (χ1v) is 5.30. The molecule has 0 aromatic carbocycles. The molecule has 1 saturated heterocycles. The van der Waals surface area contributed by atoms with Gasteiger partial charge in [0.25, 0.3) is 0 Å². The highest BCUT2D eigenvalue weighted by Gasteiger charge is 2.36. The Balaban J connectivity index is 2.59. The number of ketones is 1. The Bertz CT molecular complexity index is 303. The summed E-state index contributed by atoms with van der Waals surface area (Å²) in [5, 5.41) is 9.00. The summed E-state index contributed by atoms with van der Waals surface area (Å²) in [6.45, 7) is 0.428. The summed E-state index contributed by atoms with van der Waals surface area (Å²) in [7, 11) is 0. The van der Waals surface area contributed by atoms with Crippen molar-refractivity contribution in [2.75, 3.05) is 13.1 Å². The fraction of sp³-hybridized carbons (Fsp3) is 0.700. The van der Waals surface area contributed by atoms with Crippen LogP contribution in [0.15, 0.2) is 0 Å². The van der Waals surface area contributed by atoms with E-state index >= 15 is 0 Å². The minimum atomic E-state index is -1.06. The van der Waals surface area contributed by atoms with Crippen LogP contribution in [-0.2, 0) is 14.4 Å². The Hall–Kier alpha value is -1.43. The van der Waals surface area contributed by atoms with E-state index in [4.69, 9.17) is 10.8 Å². The van der Waals surface area contributed by atoms with Crippen molar-refractivity contribution in [3.8, 4) is 0 Å². The number of rotatable bonds is 6. The number of carboxylic acids is 1. The van der Waals surface area contributed by atoms with Crippen LogP contribution in [0.1, 0.15) is 25.7 Å². The molecule has 0 bridgehead atoms. The maximum atomic E-state index is 11.4. The van der Waals surface area contributed by atoms with Crippen LogP contribution in [0.25, 0.3) is 0 Å². The van der Waals surface area contributed by atoms with Gasteiger partial charge in [0.15, 0.2) is 5.78 Å². The van der Waals surface area contributed by atoms with Crippen molar-refractivity contribution in [3.05, 3.63) is 0 Å². The van der Waals surface area contributed by atoms with E-state index in [0.717, 1.165) is 11.3 Å². The fourth-order valence-electron chi connectivity index (χ4n) is 1.78. The summed E-state index contributed by atoms with van der Waals surface area (Å²) in [5.41, 5.74) is 5.31. The lowest BCUT2D eigenvalue weighted by atomic mass is 10.1. The molecule has 1 heterocycles. The van der Waals surface area contributed by atoms with Gasteiger partial charge in [-0.1, -0.05) is 0 Å². The zero-order valence-electron chi connectivity index (χ0n) is 9.02. The highest BCUT2D eigenvalue weighted by Crippen LogP contribution is 2.16. The SMILES string of the molecule is NCCCCC(C(=O)O)N1CC(=O)CC1=O. The first-order chi connectivity index (χ1) is 7.56. The van der Waals surface area contributed by atoms with Crippen molar-refractivity contribution in [3.63, 3.8) is 0 Å². The van der Waals surface area contributed by atoms with E-state index in [9.17, 15) is 14.4 Å². The number of carboxylic acid groups (broad SMARTS) is 1. The Morgan fingerprint density at radius 2 is 2.12 bits per heavy atom. The lowest BCUT2D eigenvalue weighted by molar-refractivity contribution is -0.148.